The van der Waals surface area contributed by atoms with Crippen LogP contribution >= 0.6 is 0 Å². The van der Waals surface area contributed by atoms with E-state index < -0.39 is 0 Å². The van der Waals surface area contributed by atoms with Gasteiger partial charge in [0, 0.05) is 30.3 Å². The van der Waals surface area contributed by atoms with Crippen LogP contribution < -0.4 is 0 Å². The highest BCUT2D eigenvalue weighted by molar-refractivity contribution is 5.94. The number of nitrogens with zero attached hydrogens (tertiary/aromatic N) is 2. The number of aromatic nitrogens is 2. The average Bonchev–Trinajstić information content (AvgIpc) is 3.22. The molecule has 2 aliphatic heterocycles. The van der Waals surface area contributed by atoms with Gasteiger partial charge in [-0.25, -0.2) is 0 Å². The Hall–Kier alpha value is -2.14. The van der Waals surface area contributed by atoms with Gasteiger partial charge < -0.3 is 9.64 Å². The number of piperidine rings is 1. The number of benzene rings is 1. The van der Waals surface area contributed by atoms with Crippen LogP contribution in [0.1, 0.15) is 51.6 Å². The van der Waals surface area contributed by atoms with Crippen LogP contribution in [-0.2, 0) is 18.0 Å². The molecule has 0 saturated carbocycles. The molecule has 1 aromatic heterocycles. The summed E-state index contributed by atoms with van der Waals surface area (Å²) in [5.41, 5.74) is 5.26. The lowest BCUT2D eigenvalue weighted by atomic mass is 9.94. The van der Waals surface area contributed by atoms with Gasteiger partial charge in [-0.05, 0) is 49.1 Å². The minimum Gasteiger partial charge on any atom is -0.372 e. The smallest absolute Gasteiger partial charge is 0.253 e. The van der Waals surface area contributed by atoms with E-state index in [4.69, 9.17) is 4.74 Å². The number of hydrogen-bond acceptors (Lipinski definition) is 3. The van der Waals surface area contributed by atoms with Crippen LogP contribution in [0.4, 0.5) is 0 Å². The summed E-state index contributed by atoms with van der Waals surface area (Å²) >= 11 is 0. The van der Waals surface area contributed by atoms with Gasteiger partial charge in [0.2, 0.25) is 0 Å². The number of fused-ring (bicyclic) bond motifs is 1. The number of H-pyrrole nitrogens is 1. The van der Waals surface area contributed by atoms with Crippen molar-refractivity contribution < 1.29 is 9.53 Å². The van der Waals surface area contributed by atoms with Gasteiger partial charge in [-0.3, -0.25) is 9.89 Å². The van der Waals surface area contributed by atoms with E-state index in [1.807, 2.05) is 30.0 Å². The second-order valence-electron chi connectivity index (χ2n) is 6.54. The monoisotopic (exact) mass is 311 g/mol. The van der Waals surface area contributed by atoms with Crippen LogP contribution in [-0.4, -0.2) is 34.1 Å². The Morgan fingerprint density at radius 1 is 1.30 bits per heavy atom. The molecule has 23 heavy (non-hydrogen) atoms. The van der Waals surface area contributed by atoms with Crippen LogP contribution in [0.2, 0.25) is 0 Å². The molecule has 4 rings (SSSR count). The van der Waals surface area contributed by atoms with Gasteiger partial charge >= 0.3 is 0 Å². The molecule has 3 heterocycles. The SMILES string of the molecule is Cc1cc([C@H]2CCCN(C(=O)c3ccc4c(c3)COC4)C2)n[nH]1. The normalized spacial score (nSPS) is 20.6. The Morgan fingerprint density at radius 3 is 3.00 bits per heavy atom. The van der Waals surface area contributed by atoms with Crippen LogP contribution in [0, 0.1) is 6.92 Å². The number of aryl methyl sites for hydroxylation is 1. The molecule has 5 nitrogen and oxygen atoms in total. The lowest BCUT2D eigenvalue weighted by molar-refractivity contribution is 0.0705. The van der Waals surface area contributed by atoms with E-state index in [2.05, 4.69) is 16.3 Å². The van der Waals surface area contributed by atoms with Crippen molar-refractivity contribution in [2.75, 3.05) is 13.1 Å². The maximum atomic E-state index is 12.8. The Balaban J connectivity index is 1.51. The third kappa shape index (κ3) is 2.77. The van der Waals surface area contributed by atoms with E-state index in [1.165, 1.54) is 5.56 Å². The van der Waals surface area contributed by atoms with Crippen molar-refractivity contribution in [3.8, 4) is 0 Å². The number of rotatable bonds is 2. The lowest BCUT2D eigenvalue weighted by Gasteiger charge is -2.32. The molecular weight excluding hydrogens is 290 g/mol. The van der Waals surface area contributed by atoms with Gasteiger partial charge in [0.05, 0.1) is 18.9 Å². The molecule has 1 atom stereocenters. The summed E-state index contributed by atoms with van der Waals surface area (Å²) in [6.45, 7) is 4.86. The summed E-state index contributed by atoms with van der Waals surface area (Å²) in [6, 6.07) is 8.03. The predicted octanol–water partition coefficient (Wildman–Crippen LogP) is 2.77. The fourth-order valence-corrected chi connectivity index (χ4v) is 3.54. The minimum atomic E-state index is 0.122. The summed E-state index contributed by atoms with van der Waals surface area (Å²) in [7, 11) is 0. The lowest BCUT2D eigenvalue weighted by Crippen LogP contribution is -2.39. The molecule has 5 heteroatoms. The fourth-order valence-electron chi connectivity index (χ4n) is 3.54. The van der Waals surface area contributed by atoms with Crippen LogP contribution in [0.25, 0.3) is 0 Å². The quantitative estimate of drug-likeness (QED) is 0.928. The van der Waals surface area contributed by atoms with E-state index in [0.29, 0.717) is 19.1 Å². The molecule has 1 aromatic carbocycles. The third-order valence-electron chi connectivity index (χ3n) is 4.82. The van der Waals surface area contributed by atoms with Crippen molar-refractivity contribution in [2.45, 2.75) is 38.9 Å². The van der Waals surface area contributed by atoms with Gasteiger partial charge in [-0.2, -0.15) is 5.10 Å². The Bertz CT molecular complexity index is 738. The molecule has 1 saturated heterocycles. The van der Waals surface area contributed by atoms with E-state index in [1.54, 1.807) is 0 Å². The Kier molecular flexibility index (Phi) is 3.65. The van der Waals surface area contributed by atoms with E-state index in [0.717, 1.165) is 48.4 Å². The van der Waals surface area contributed by atoms with Crippen molar-refractivity contribution in [3.05, 3.63) is 52.3 Å². The van der Waals surface area contributed by atoms with Crippen molar-refractivity contribution in [2.24, 2.45) is 0 Å². The molecule has 1 N–H and O–H groups in total. The minimum absolute atomic E-state index is 0.122. The molecule has 120 valence electrons. The molecule has 2 aliphatic rings. The van der Waals surface area contributed by atoms with Crippen LogP contribution in [0.15, 0.2) is 24.3 Å². The summed E-state index contributed by atoms with van der Waals surface area (Å²) in [5.74, 6) is 0.451. The molecule has 0 bridgehead atoms. The highest BCUT2D eigenvalue weighted by atomic mass is 16.5. The van der Waals surface area contributed by atoms with Gasteiger partial charge in [0.1, 0.15) is 0 Å². The number of amides is 1. The van der Waals surface area contributed by atoms with E-state index in [9.17, 15) is 4.79 Å². The first-order valence-electron chi connectivity index (χ1n) is 8.21. The standard InChI is InChI=1S/C18H21N3O2/c1-12-7-17(20-19-12)14-3-2-6-21(9-14)18(22)13-4-5-15-10-23-11-16(15)8-13/h4-5,7-8,14H,2-3,6,9-11H2,1H3,(H,19,20)/t14-/m0/s1. The summed E-state index contributed by atoms with van der Waals surface area (Å²) in [4.78, 5) is 14.8. The average molecular weight is 311 g/mol. The molecule has 1 fully saturated rings. The zero-order valence-electron chi connectivity index (χ0n) is 13.3. The second-order valence-corrected chi connectivity index (χ2v) is 6.54. The molecule has 0 radical (unpaired) electrons. The van der Waals surface area contributed by atoms with E-state index in [-0.39, 0.29) is 5.91 Å². The highest BCUT2D eigenvalue weighted by Crippen LogP contribution is 2.28. The number of likely N-dealkylation sites (tertiary alicyclic amines) is 1. The highest BCUT2D eigenvalue weighted by Gasteiger charge is 2.27. The first-order chi connectivity index (χ1) is 11.2. The maximum Gasteiger partial charge on any atom is 0.253 e. The van der Waals surface area contributed by atoms with E-state index >= 15 is 0 Å². The summed E-state index contributed by atoms with van der Waals surface area (Å²) in [6.07, 6.45) is 2.11. The molecule has 0 spiro atoms. The number of aromatic amines is 1. The summed E-state index contributed by atoms with van der Waals surface area (Å²) in [5, 5.41) is 7.38. The first-order valence-corrected chi connectivity index (χ1v) is 8.21. The number of nitrogens with one attached hydrogen (secondary N) is 1. The predicted molar refractivity (Wildman–Crippen MR) is 86.1 cm³/mol. The zero-order chi connectivity index (χ0) is 15.8. The maximum absolute atomic E-state index is 12.8. The van der Waals surface area contributed by atoms with Gasteiger partial charge in [-0.1, -0.05) is 6.07 Å². The fraction of sp³-hybridized carbons (Fsp3) is 0.444. The Morgan fingerprint density at radius 2 is 2.17 bits per heavy atom. The largest absolute Gasteiger partial charge is 0.372 e. The van der Waals surface area contributed by atoms with Crippen LogP contribution in [0.5, 0.6) is 0 Å². The number of hydrogen-bond donors (Lipinski definition) is 1. The van der Waals surface area contributed by atoms with Crippen molar-refractivity contribution in [1.29, 1.82) is 0 Å². The third-order valence-corrected chi connectivity index (χ3v) is 4.82. The number of carbonyl (C=O) groups is 1. The van der Waals surface area contributed by atoms with Crippen molar-refractivity contribution >= 4 is 5.91 Å². The van der Waals surface area contributed by atoms with Crippen LogP contribution in [0.3, 0.4) is 0 Å². The second kappa shape index (κ2) is 5.81. The zero-order valence-corrected chi connectivity index (χ0v) is 13.3. The molecule has 2 aromatic rings. The van der Waals surface area contributed by atoms with Gasteiger partial charge in [0.25, 0.3) is 5.91 Å². The number of ether oxygens (including phenoxy) is 1. The molecule has 0 unspecified atom stereocenters. The van der Waals surface area contributed by atoms with Crippen molar-refractivity contribution in [1.82, 2.24) is 15.1 Å². The summed E-state index contributed by atoms with van der Waals surface area (Å²) < 4.78 is 5.44. The molecule has 0 aliphatic carbocycles. The van der Waals surface area contributed by atoms with Gasteiger partial charge in [-0.15, -0.1) is 0 Å². The topological polar surface area (TPSA) is 58.2 Å². The first kappa shape index (κ1) is 14.5. The molecule has 1 amide bonds. The number of carbonyl (C=O) groups excluding carboxylic acids is 1. The molecular formula is C18H21N3O2. The Labute approximate surface area is 135 Å². The van der Waals surface area contributed by atoms with Gasteiger partial charge in [0.15, 0.2) is 0 Å². The van der Waals surface area contributed by atoms with Crippen molar-refractivity contribution in [3.63, 3.8) is 0 Å².